The molecule has 220 valence electrons. The minimum atomic E-state index is -1.07. The van der Waals surface area contributed by atoms with Gasteiger partial charge in [0.05, 0.1) is 38.1 Å². The predicted octanol–water partition coefficient (Wildman–Crippen LogP) is 5.28. The normalized spacial score (nSPS) is 21.6. The van der Waals surface area contributed by atoms with Gasteiger partial charge < -0.3 is 29.5 Å². The van der Waals surface area contributed by atoms with Gasteiger partial charge in [-0.05, 0) is 61.7 Å². The first-order valence-electron chi connectivity index (χ1n) is 14.4. The number of benzene rings is 1. The second kappa shape index (κ2) is 16.0. The van der Waals surface area contributed by atoms with Crippen LogP contribution in [0.1, 0.15) is 69.2 Å². The van der Waals surface area contributed by atoms with Crippen LogP contribution in [0.15, 0.2) is 78.6 Å². The predicted molar refractivity (Wildman–Crippen MR) is 156 cm³/mol. The largest absolute Gasteiger partial charge is 0.494 e. The Labute approximate surface area is 238 Å². The molecule has 0 aliphatic heterocycles. The molecule has 3 rings (SSSR count). The fraction of sp³-hybridized carbons (Fsp3) is 0.545. The monoisotopic (exact) mass is 554 g/mol. The van der Waals surface area contributed by atoms with Crippen LogP contribution in [0.4, 0.5) is 0 Å². The Balaban J connectivity index is 1.35. The summed E-state index contributed by atoms with van der Waals surface area (Å²) < 4.78 is 16.8. The summed E-state index contributed by atoms with van der Waals surface area (Å²) >= 11 is 0. The van der Waals surface area contributed by atoms with Gasteiger partial charge in [0.25, 0.3) is 0 Å². The Morgan fingerprint density at radius 2 is 1.82 bits per heavy atom. The SMILES string of the molecule is C=CC(O)OCC(O)CCOC1=CCC(C(C)(C)C2=CCC(OCC(O)CCC(=O)c3ccccc3)CC2)C=C1. The molecule has 0 bridgehead atoms. The minimum Gasteiger partial charge on any atom is -0.494 e. The number of ketones is 1. The standard InChI is InChI=1S/C33H46O7/c1-4-32(37)40-23-28(35)20-21-38-29-15-10-25(11-16-29)33(2,3)26-12-17-30(18-13-26)39-22-27(34)14-19-31(36)24-8-6-5-7-9-24/h4-10,12,15-16,25,27-28,30,32,34-35,37H,1,11,13-14,17-23H2,2-3H3. The van der Waals surface area contributed by atoms with Crippen molar-refractivity contribution in [1.29, 1.82) is 0 Å². The summed E-state index contributed by atoms with van der Waals surface area (Å²) in [6.45, 7) is 8.64. The van der Waals surface area contributed by atoms with E-state index in [0.29, 0.717) is 37.4 Å². The summed E-state index contributed by atoms with van der Waals surface area (Å²) in [5, 5.41) is 29.6. The highest BCUT2D eigenvalue weighted by molar-refractivity contribution is 5.95. The maximum atomic E-state index is 12.3. The van der Waals surface area contributed by atoms with Gasteiger partial charge >= 0.3 is 0 Å². The number of allylic oxidation sites excluding steroid dienone is 4. The van der Waals surface area contributed by atoms with Crippen LogP contribution in [0.3, 0.4) is 0 Å². The van der Waals surface area contributed by atoms with Crippen molar-refractivity contribution in [3.8, 4) is 0 Å². The van der Waals surface area contributed by atoms with E-state index in [9.17, 15) is 20.1 Å². The molecular formula is C33H46O7. The first-order valence-corrected chi connectivity index (χ1v) is 14.4. The van der Waals surface area contributed by atoms with Crippen LogP contribution in [-0.2, 0) is 14.2 Å². The Morgan fingerprint density at radius 1 is 1.07 bits per heavy atom. The van der Waals surface area contributed by atoms with E-state index in [1.807, 2.05) is 24.3 Å². The first kappa shape index (κ1) is 32.0. The molecule has 2 aliphatic rings. The molecule has 0 amide bonds. The lowest BCUT2D eigenvalue weighted by atomic mass is 9.67. The number of aliphatic hydroxyl groups is 3. The van der Waals surface area contributed by atoms with Crippen molar-refractivity contribution < 1.29 is 34.3 Å². The fourth-order valence-corrected chi connectivity index (χ4v) is 5.10. The van der Waals surface area contributed by atoms with E-state index in [4.69, 9.17) is 14.2 Å². The van der Waals surface area contributed by atoms with Crippen molar-refractivity contribution in [2.45, 2.75) is 83.4 Å². The van der Waals surface area contributed by atoms with Gasteiger partial charge in [-0.1, -0.05) is 68.5 Å². The second-order valence-electron chi connectivity index (χ2n) is 11.2. The van der Waals surface area contributed by atoms with E-state index in [1.165, 1.54) is 11.6 Å². The molecule has 1 aromatic carbocycles. The molecule has 5 unspecified atom stereocenters. The highest BCUT2D eigenvalue weighted by Crippen LogP contribution is 2.44. The highest BCUT2D eigenvalue weighted by Gasteiger charge is 2.34. The zero-order valence-electron chi connectivity index (χ0n) is 23.9. The summed E-state index contributed by atoms with van der Waals surface area (Å²) in [5.41, 5.74) is 2.11. The van der Waals surface area contributed by atoms with Crippen molar-refractivity contribution in [2.75, 3.05) is 19.8 Å². The third-order valence-electron chi connectivity index (χ3n) is 7.89. The third-order valence-corrected chi connectivity index (χ3v) is 7.89. The maximum Gasteiger partial charge on any atom is 0.173 e. The van der Waals surface area contributed by atoms with E-state index in [2.05, 4.69) is 38.7 Å². The number of carbonyl (C=O) groups is 1. The molecule has 7 heteroatoms. The van der Waals surface area contributed by atoms with Crippen molar-refractivity contribution in [2.24, 2.45) is 11.3 Å². The molecule has 40 heavy (non-hydrogen) atoms. The van der Waals surface area contributed by atoms with Crippen LogP contribution in [0.5, 0.6) is 0 Å². The third kappa shape index (κ3) is 10.1. The Hall–Kier alpha value is -2.55. The lowest BCUT2D eigenvalue weighted by Crippen LogP contribution is -2.30. The lowest BCUT2D eigenvalue weighted by Gasteiger charge is -2.38. The fourth-order valence-electron chi connectivity index (χ4n) is 5.10. The molecule has 0 saturated heterocycles. The number of rotatable bonds is 17. The quantitative estimate of drug-likeness (QED) is 0.137. The van der Waals surface area contributed by atoms with E-state index < -0.39 is 18.5 Å². The van der Waals surface area contributed by atoms with Gasteiger partial charge in [-0.3, -0.25) is 4.79 Å². The topological polar surface area (TPSA) is 105 Å². The molecule has 5 atom stereocenters. The van der Waals surface area contributed by atoms with Crippen molar-refractivity contribution >= 4 is 5.78 Å². The smallest absolute Gasteiger partial charge is 0.173 e. The Kier molecular flexibility index (Phi) is 12.8. The average molecular weight is 555 g/mol. The number of hydrogen-bond acceptors (Lipinski definition) is 7. The van der Waals surface area contributed by atoms with Gasteiger partial charge in [0.15, 0.2) is 12.1 Å². The van der Waals surface area contributed by atoms with Crippen LogP contribution in [0.25, 0.3) is 0 Å². The summed E-state index contributed by atoms with van der Waals surface area (Å²) in [4.78, 5) is 12.3. The molecule has 0 aromatic heterocycles. The molecule has 0 radical (unpaired) electrons. The molecule has 0 fully saturated rings. The van der Waals surface area contributed by atoms with Gasteiger partial charge in [-0.2, -0.15) is 0 Å². The number of aliphatic hydroxyl groups excluding tert-OH is 3. The number of ether oxygens (including phenoxy) is 3. The summed E-state index contributed by atoms with van der Waals surface area (Å²) in [6, 6.07) is 9.18. The highest BCUT2D eigenvalue weighted by atomic mass is 16.6. The van der Waals surface area contributed by atoms with Gasteiger partial charge in [-0.25, -0.2) is 0 Å². The minimum absolute atomic E-state index is 0.000332. The molecule has 0 saturated carbocycles. The van der Waals surface area contributed by atoms with Crippen LogP contribution < -0.4 is 0 Å². The van der Waals surface area contributed by atoms with Crippen molar-refractivity contribution in [1.82, 2.24) is 0 Å². The van der Waals surface area contributed by atoms with Gasteiger partial charge in [0.2, 0.25) is 0 Å². The van der Waals surface area contributed by atoms with Crippen LogP contribution in [0, 0.1) is 11.3 Å². The summed E-state index contributed by atoms with van der Waals surface area (Å²) in [7, 11) is 0. The van der Waals surface area contributed by atoms with Crippen molar-refractivity contribution in [3.05, 3.63) is 84.2 Å². The molecule has 2 aliphatic carbocycles. The van der Waals surface area contributed by atoms with Crippen LogP contribution in [0.2, 0.25) is 0 Å². The lowest BCUT2D eigenvalue weighted by molar-refractivity contribution is -0.0942. The summed E-state index contributed by atoms with van der Waals surface area (Å²) in [6.07, 6.45) is 12.2. The molecule has 1 aromatic rings. The van der Waals surface area contributed by atoms with Crippen LogP contribution in [-0.4, -0.2) is 65.5 Å². The zero-order chi connectivity index (χ0) is 29.0. The molecule has 0 heterocycles. The van der Waals surface area contributed by atoms with Crippen molar-refractivity contribution in [3.63, 3.8) is 0 Å². The molecule has 0 spiro atoms. The molecular weight excluding hydrogens is 508 g/mol. The Morgan fingerprint density at radius 3 is 2.48 bits per heavy atom. The zero-order valence-corrected chi connectivity index (χ0v) is 23.9. The van der Waals surface area contributed by atoms with Gasteiger partial charge in [0, 0.05) is 18.4 Å². The Bertz CT molecular complexity index is 1030. The van der Waals surface area contributed by atoms with E-state index >= 15 is 0 Å². The van der Waals surface area contributed by atoms with E-state index in [0.717, 1.165) is 31.4 Å². The summed E-state index contributed by atoms with van der Waals surface area (Å²) in [5.74, 6) is 1.20. The average Bonchev–Trinajstić information content (AvgIpc) is 2.98. The van der Waals surface area contributed by atoms with E-state index in [1.54, 1.807) is 12.1 Å². The number of carbonyl (C=O) groups excluding carboxylic acids is 1. The first-order chi connectivity index (χ1) is 19.2. The molecule has 3 N–H and O–H groups in total. The number of hydrogen-bond donors (Lipinski definition) is 3. The van der Waals surface area contributed by atoms with Crippen LogP contribution >= 0.6 is 0 Å². The van der Waals surface area contributed by atoms with Gasteiger partial charge in [0.1, 0.15) is 5.76 Å². The second-order valence-corrected chi connectivity index (χ2v) is 11.2. The maximum absolute atomic E-state index is 12.3. The van der Waals surface area contributed by atoms with Gasteiger partial charge in [-0.15, -0.1) is 0 Å². The van der Waals surface area contributed by atoms with E-state index in [-0.39, 0.29) is 30.5 Å². The number of Topliss-reactive ketones (excluding diaryl/α,β-unsaturated/α-hetero) is 1. The molecule has 7 nitrogen and oxygen atoms in total.